The molecule has 1 aromatic carbocycles. The minimum atomic E-state index is -4.95. The first-order valence-electron chi connectivity index (χ1n) is 4.86. The summed E-state index contributed by atoms with van der Waals surface area (Å²) < 4.78 is 40.6. The molecule has 0 bridgehead atoms. The Morgan fingerprint density at radius 1 is 1.47 bits per heavy atom. The summed E-state index contributed by atoms with van der Waals surface area (Å²) in [6, 6.07) is 3.88. The Morgan fingerprint density at radius 2 is 2.11 bits per heavy atom. The number of benzene rings is 1. The van der Waals surface area contributed by atoms with Crippen molar-refractivity contribution >= 4 is 21.9 Å². The van der Waals surface area contributed by atoms with E-state index in [0.29, 0.717) is 0 Å². The minimum Gasteiger partial charge on any atom is -0.481 e. The average Bonchev–Trinajstić information content (AvgIpc) is 2.28. The molecule has 0 amide bonds. The molecule has 0 saturated heterocycles. The van der Waals surface area contributed by atoms with Crippen LogP contribution in [0.5, 0.6) is 5.75 Å². The molecule has 0 atom stereocenters. The predicted octanol–water partition coefficient (Wildman–Crippen LogP) is 2.98. The summed E-state index contributed by atoms with van der Waals surface area (Å²) in [6.07, 6.45) is -5.58. The van der Waals surface area contributed by atoms with Crippen LogP contribution >= 0.6 is 15.9 Å². The zero-order chi connectivity index (χ0) is 14.6. The summed E-state index contributed by atoms with van der Waals surface area (Å²) in [5.41, 5.74) is 0.115. The first-order valence-corrected chi connectivity index (χ1v) is 5.98. The number of carbonyl (C=O) groups is 1. The molecule has 0 saturated carbocycles. The minimum absolute atomic E-state index is 0.0390. The van der Waals surface area contributed by atoms with Crippen LogP contribution in [0.4, 0.5) is 13.2 Å². The highest BCUT2D eigenvalue weighted by molar-refractivity contribution is 9.08. The van der Waals surface area contributed by atoms with Gasteiger partial charge in [0.25, 0.3) is 0 Å². The molecule has 19 heavy (non-hydrogen) atoms. The predicted molar refractivity (Wildman–Crippen MR) is 61.8 cm³/mol. The fourth-order valence-corrected chi connectivity index (χ4v) is 1.95. The van der Waals surface area contributed by atoms with E-state index in [1.54, 1.807) is 6.07 Å². The van der Waals surface area contributed by atoms with Gasteiger partial charge in [-0.2, -0.15) is 5.26 Å². The first kappa shape index (κ1) is 15.3. The van der Waals surface area contributed by atoms with Crippen molar-refractivity contribution in [3.63, 3.8) is 0 Å². The van der Waals surface area contributed by atoms with Crippen molar-refractivity contribution in [2.24, 2.45) is 0 Å². The number of ether oxygens (including phenoxy) is 1. The zero-order valence-corrected chi connectivity index (χ0v) is 10.9. The normalized spacial score (nSPS) is 10.9. The maximum Gasteiger partial charge on any atom is 0.573 e. The molecular formula is C11H7BrF3NO3. The van der Waals surface area contributed by atoms with Crippen molar-refractivity contribution in [1.29, 1.82) is 5.26 Å². The molecule has 0 unspecified atom stereocenters. The number of aliphatic carboxylic acids is 1. The summed E-state index contributed by atoms with van der Waals surface area (Å²) >= 11 is 3.04. The highest BCUT2D eigenvalue weighted by Crippen LogP contribution is 2.31. The van der Waals surface area contributed by atoms with E-state index in [1.165, 1.54) is 6.07 Å². The van der Waals surface area contributed by atoms with Gasteiger partial charge in [-0.05, 0) is 17.7 Å². The summed E-state index contributed by atoms with van der Waals surface area (Å²) in [6.45, 7) is 0. The second kappa shape index (κ2) is 5.93. The van der Waals surface area contributed by atoms with Crippen LogP contribution < -0.4 is 4.74 Å². The number of hydrogen-bond donors (Lipinski definition) is 1. The maximum absolute atomic E-state index is 12.3. The van der Waals surface area contributed by atoms with Gasteiger partial charge in [-0.1, -0.05) is 15.9 Å². The lowest BCUT2D eigenvalue weighted by Crippen LogP contribution is -2.19. The SMILES string of the molecule is N#Cc1cc(CBr)c(CC(=O)O)c(OC(F)(F)F)c1. The lowest BCUT2D eigenvalue weighted by molar-refractivity contribution is -0.275. The molecule has 1 rings (SSSR count). The van der Waals surface area contributed by atoms with Gasteiger partial charge in [-0.15, -0.1) is 13.2 Å². The van der Waals surface area contributed by atoms with Gasteiger partial charge in [0.05, 0.1) is 18.1 Å². The van der Waals surface area contributed by atoms with E-state index in [0.717, 1.165) is 6.07 Å². The van der Waals surface area contributed by atoms with Crippen molar-refractivity contribution in [3.05, 3.63) is 28.8 Å². The number of halogens is 4. The number of hydrogen-bond acceptors (Lipinski definition) is 3. The molecule has 1 N–H and O–H groups in total. The van der Waals surface area contributed by atoms with E-state index in [4.69, 9.17) is 10.4 Å². The van der Waals surface area contributed by atoms with E-state index in [2.05, 4.69) is 20.7 Å². The molecule has 0 aliphatic rings. The van der Waals surface area contributed by atoms with Gasteiger partial charge in [-0.3, -0.25) is 4.79 Å². The summed E-state index contributed by atoms with van der Waals surface area (Å²) in [5, 5.41) is 17.6. The van der Waals surface area contributed by atoms with E-state index < -0.39 is 24.5 Å². The first-order chi connectivity index (χ1) is 8.76. The topological polar surface area (TPSA) is 70.3 Å². The van der Waals surface area contributed by atoms with E-state index in [9.17, 15) is 18.0 Å². The average molecular weight is 338 g/mol. The van der Waals surface area contributed by atoms with Gasteiger partial charge in [0, 0.05) is 10.9 Å². The monoisotopic (exact) mass is 337 g/mol. The number of carboxylic acid groups (broad SMARTS) is 1. The molecule has 0 aliphatic heterocycles. The van der Waals surface area contributed by atoms with Crippen molar-refractivity contribution in [2.45, 2.75) is 18.1 Å². The summed E-state index contributed by atoms with van der Waals surface area (Å²) in [5.74, 6) is -1.96. The second-order valence-electron chi connectivity index (χ2n) is 3.48. The van der Waals surface area contributed by atoms with Crippen LogP contribution in [0.1, 0.15) is 16.7 Å². The summed E-state index contributed by atoms with van der Waals surface area (Å²) in [7, 11) is 0. The molecule has 102 valence electrons. The molecule has 0 heterocycles. The Morgan fingerprint density at radius 3 is 2.53 bits per heavy atom. The lowest BCUT2D eigenvalue weighted by Gasteiger charge is -2.15. The fraction of sp³-hybridized carbons (Fsp3) is 0.273. The molecular weight excluding hydrogens is 331 g/mol. The quantitative estimate of drug-likeness (QED) is 0.857. The second-order valence-corrected chi connectivity index (χ2v) is 4.04. The van der Waals surface area contributed by atoms with Crippen molar-refractivity contribution in [2.75, 3.05) is 0 Å². The van der Waals surface area contributed by atoms with E-state index in [-0.39, 0.29) is 22.0 Å². The Hall–Kier alpha value is -1.75. The van der Waals surface area contributed by atoms with Crippen molar-refractivity contribution in [3.8, 4) is 11.8 Å². The van der Waals surface area contributed by atoms with Crippen LogP contribution in [0, 0.1) is 11.3 Å². The summed E-state index contributed by atoms with van der Waals surface area (Å²) in [4.78, 5) is 10.7. The standard InChI is InChI=1S/C11H7BrF3NO3/c12-4-7-1-6(5-16)2-9(19-11(13,14)15)8(7)3-10(17)18/h1-2H,3-4H2,(H,17,18). The lowest BCUT2D eigenvalue weighted by atomic mass is 10.0. The number of alkyl halides is 4. The van der Waals surface area contributed by atoms with Gasteiger partial charge in [0.2, 0.25) is 0 Å². The van der Waals surface area contributed by atoms with Gasteiger partial charge >= 0.3 is 12.3 Å². The Balaban J connectivity index is 3.37. The third-order valence-electron chi connectivity index (χ3n) is 2.13. The smallest absolute Gasteiger partial charge is 0.481 e. The van der Waals surface area contributed by atoms with Gasteiger partial charge in [0.1, 0.15) is 5.75 Å². The number of rotatable bonds is 4. The molecule has 1 aromatic rings. The molecule has 8 heteroatoms. The third kappa shape index (κ3) is 4.44. The molecule has 0 spiro atoms. The van der Waals surface area contributed by atoms with Crippen LogP contribution in [-0.2, 0) is 16.5 Å². The Bertz CT molecular complexity index is 537. The molecule has 0 aromatic heterocycles. The maximum atomic E-state index is 12.3. The number of nitriles is 1. The van der Waals surface area contributed by atoms with E-state index >= 15 is 0 Å². The Kier molecular flexibility index (Phi) is 4.78. The van der Waals surface area contributed by atoms with Crippen molar-refractivity contribution < 1.29 is 27.8 Å². The van der Waals surface area contributed by atoms with Crippen LogP contribution in [0.3, 0.4) is 0 Å². The van der Waals surface area contributed by atoms with E-state index in [1.807, 2.05) is 0 Å². The van der Waals surface area contributed by atoms with Crippen molar-refractivity contribution in [1.82, 2.24) is 0 Å². The fourth-order valence-electron chi connectivity index (χ4n) is 1.45. The number of nitrogens with zero attached hydrogens (tertiary/aromatic N) is 1. The number of carboxylic acids is 1. The Labute approximate surface area is 114 Å². The van der Waals surface area contributed by atoms with Gasteiger partial charge < -0.3 is 9.84 Å². The van der Waals surface area contributed by atoms with Crippen LogP contribution in [0.2, 0.25) is 0 Å². The van der Waals surface area contributed by atoms with Gasteiger partial charge in [-0.25, -0.2) is 0 Å². The van der Waals surface area contributed by atoms with Gasteiger partial charge in [0.15, 0.2) is 0 Å². The molecule has 0 radical (unpaired) electrons. The highest BCUT2D eigenvalue weighted by Gasteiger charge is 2.33. The molecule has 0 fully saturated rings. The van der Waals surface area contributed by atoms with Crippen LogP contribution in [-0.4, -0.2) is 17.4 Å². The molecule has 4 nitrogen and oxygen atoms in total. The highest BCUT2D eigenvalue weighted by atomic mass is 79.9. The molecule has 0 aliphatic carbocycles. The zero-order valence-electron chi connectivity index (χ0n) is 9.29. The van der Waals surface area contributed by atoms with Crippen LogP contribution in [0.25, 0.3) is 0 Å². The largest absolute Gasteiger partial charge is 0.573 e. The van der Waals surface area contributed by atoms with Crippen LogP contribution in [0.15, 0.2) is 12.1 Å². The third-order valence-corrected chi connectivity index (χ3v) is 2.73.